The maximum Gasteiger partial charge on any atom is 0.227 e. The van der Waals surface area contributed by atoms with Crippen LogP contribution in [-0.4, -0.2) is 28.9 Å². The van der Waals surface area contributed by atoms with Gasteiger partial charge >= 0.3 is 0 Å². The Balaban J connectivity index is 1.81. The van der Waals surface area contributed by atoms with Gasteiger partial charge in [-0.3, -0.25) is 4.79 Å². The molecule has 0 unspecified atom stereocenters. The standard InChI is InChI=1S/C17H20N2OS/c1-12-7-3-4-8-14(12)17-18-13(2)15(21-17)11-16(20)19-9-5-6-10-19/h3-4,7-8H,5-6,9-11H2,1-2H3. The van der Waals surface area contributed by atoms with Crippen molar-refractivity contribution in [2.75, 3.05) is 13.1 Å². The molecule has 0 N–H and O–H groups in total. The van der Waals surface area contributed by atoms with Gasteiger partial charge in [0.2, 0.25) is 5.91 Å². The predicted octanol–water partition coefficient (Wildman–Crippen LogP) is 3.59. The first-order valence-electron chi connectivity index (χ1n) is 7.45. The minimum atomic E-state index is 0.246. The first kappa shape index (κ1) is 14.3. The van der Waals surface area contributed by atoms with Crippen molar-refractivity contribution in [3.63, 3.8) is 0 Å². The fourth-order valence-corrected chi connectivity index (χ4v) is 3.88. The van der Waals surface area contributed by atoms with Crippen LogP contribution in [0.1, 0.15) is 29.0 Å². The van der Waals surface area contributed by atoms with Crippen molar-refractivity contribution in [2.45, 2.75) is 33.1 Å². The average Bonchev–Trinajstić information content (AvgIpc) is 3.10. The van der Waals surface area contributed by atoms with Gasteiger partial charge in [-0.25, -0.2) is 4.98 Å². The number of aryl methyl sites for hydroxylation is 2. The molecule has 1 amide bonds. The van der Waals surface area contributed by atoms with Gasteiger partial charge in [0, 0.05) is 23.5 Å². The van der Waals surface area contributed by atoms with E-state index in [-0.39, 0.29) is 5.91 Å². The number of hydrogen-bond donors (Lipinski definition) is 0. The van der Waals surface area contributed by atoms with Crippen molar-refractivity contribution in [1.82, 2.24) is 9.88 Å². The third kappa shape index (κ3) is 3.00. The predicted molar refractivity (Wildman–Crippen MR) is 86.5 cm³/mol. The van der Waals surface area contributed by atoms with E-state index >= 15 is 0 Å². The lowest BCUT2D eigenvalue weighted by atomic mass is 10.1. The van der Waals surface area contributed by atoms with Gasteiger partial charge in [0.15, 0.2) is 0 Å². The summed E-state index contributed by atoms with van der Waals surface area (Å²) < 4.78 is 0. The van der Waals surface area contributed by atoms with Crippen LogP contribution < -0.4 is 0 Å². The Bertz CT molecular complexity index is 657. The molecule has 2 heterocycles. The van der Waals surface area contributed by atoms with Gasteiger partial charge in [-0.1, -0.05) is 24.3 Å². The summed E-state index contributed by atoms with van der Waals surface area (Å²) in [5.41, 5.74) is 3.39. The third-order valence-electron chi connectivity index (χ3n) is 4.04. The Hall–Kier alpha value is -1.68. The van der Waals surface area contributed by atoms with E-state index in [1.165, 1.54) is 11.1 Å². The Morgan fingerprint density at radius 1 is 1.24 bits per heavy atom. The molecule has 1 aliphatic heterocycles. The summed E-state index contributed by atoms with van der Waals surface area (Å²) in [6, 6.07) is 8.27. The Kier molecular flexibility index (Phi) is 4.06. The van der Waals surface area contributed by atoms with Gasteiger partial charge in [-0.15, -0.1) is 11.3 Å². The fourth-order valence-electron chi connectivity index (χ4n) is 2.74. The molecule has 0 aliphatic carbocycles. The summed E-state index contributed by atoms with van der Waals surface area (Å²) in [6.07, 6.45) is 2.78. The van der Waals surface area contributed by atoms with E-state index in [1.54, 1.807) is 11.3 Å². The van der Waals surface area contributed by atoms with Gasteiger partial charge in [0.05, 0.1) is 12.1 Å². The lowest BCUT2D eigenvalue weighted by molar-refractivity contribution is -0.129. The van der Waals surface area contributed by atoms with Crippen molar-refractivity contribution in [1.29, 1.82) is 0 Å². The molecule has 0 radical (unpaired) electrons. The van der Waals surface area contributed by atoms with Crippen molar-refractivity contribution in [3.05, 3.63) is 40.4 Å². The summed E-state index contributed by atoms with van der Waals surface area (Å²) >= 11 is 1.66. The van der Waals surface area contributed by atoms with Gasteiger partial charge in [-0.2, -0.15) is 0 Å². The Labute approximate surface area is 129 Å². The van der Waals surface area contributed by atoms with Crippen LogP contribution in [0, 0.1) is 13.8 Å². The molecule has 1 aromatic carbocycles. The van der Waals surface area contributed by atoms with E-state index in [1.807, 2.05) is 24.0 Å². The topological polar surface area (TPSA) is 33.2 Å². The maximum atomic E-state index is 12.3. The number of likely N-dealkylation sites (tertiary alicyclic amines) is 1. The molecule has 4 heteroatoms. The van der Waals surface area contributed by atoms with E-state index in [0.717, 1.165) is 41.5 Å². The molecule has 2 aromatic rings. The van der Waals surface area contributed by atoms with E-state index in [4.69, 9.17) is 0 Å². The normalized spacial score (nSPS) is 14.7. The fraction of sp³-hybridized carbons (Fsp3) is 0.412. The zero-order chi connectivity index (χ0) is 14.8. The highest BCUT2D eigenvalue weighted by Crippen LogP contribution is 2.30. The average molecular weight is 300 g/mol. The quantitative estimate of drug-likeness (QED) is 0.868. The van der Waals surface area contributed by atoms with Crippen molar-refractivity contribution in [2.24, 2.45) is 0 Å². The summed E-state index contributed by atoms with van der Waals surface area (Å²) in [4.78, 5) is 20.0. The number of carbonyl (C=O) groups is 1. The number of hydrogen-bond acceptors (Lipinski definition) is 3. The van der Waals surface area contributed by atoms with Crippen LogP contribution >= 0.6 is 11.3 Å². The summed E-state index contributed by atoms with van der Waals surface area (Å²) in [7, 11) is 0. The van der Waals surface area contributed by atoms with Gasteiger partial charge in [0.25, 0.3) is 0 Å². The second kappa shape index (κ2) is 5.98. The number of thiazole rings is 1. The monoisotopic (exact) mass is 300 g/mol. The van der Waals surface area contributed by atoms with Crippen LogP contribution in [0.25, 0.3) is 10.6 Å². The lowest BCUT2D eigenvalue weighted by Crippen LogP contribution is -2.28. The Morgan fingerprint density at radius 2 is 1.95 bits per heavy atom. The number of amides is 1. The van der Waals surface area contributed by atoms with Gasteiger partial charge in [0.1, 0.15) is 5.01 Å². The molecular formula is C17H20N2OS. The second-order valence-corrected chi connectivity index (χ2v) is 6.69. The minimum absolute atomic E-state index is 0.246. The SMILES string of the molecule is Cc1ccccc1-c1nc(C)c(CC(=O)N2CCCC2)s1. The minimum Gasteiger partial charge on any atom is -0.342 e. The molecule has 1 aliphatic rings. The summed E-state index contributed by atoms with van der Waals surface area (Å²) in [5, 5.41) is 1.02. The number of rotatable bonds is 3. The number of carbonyl (C=O) groups excluding carboxylic acids is 1. The largest absolute Gasteiger partial charge is 0.342 e. The highest BCUT2D eigenvalue weighted by Gasteiger charge is 2.20. The van der Waals surface area contributed by atoms with Crippen molar-refractivity contribution >= 4 is 17.2 Å². The molecule has 0 bridgehead atoms. The lowest BCUT2D eigenvalue weighted by Gasteiger charge is -2.14. The molecule has 3 rings (SSSR count). The zero-order valence-electron chi connectivity index (χ0n) is 12.6. The van der Waals surface area contributed by atoms with Crippen LogP contribution in [-0.2, 0) is 11.2 Å². The van der Waals surface area contributed by atoms with Gasteiger partial charge < -0.3 is 4.90 Å². The molecule has 1 aromatic heterocycles. The van der Waals surface area contributed by atoms with Crippen LogP contribution in [0.4, 0.5) is 0 Å². The number of aromatic nitrogens is 1. The highest BCUT2D eigenvalue weighted by molar-refractivity contribution is 7.15. The molecule has 21 heavy (non-hydrogen) atoms. The molecule has 110 valence electrons. The molecule has 1 saturated heterocycles. The van der Waals surface area contributed by atoms with Crippen LogP contribution in [0.3, 0.4) is 0 Å². The first-order valence-corrected chi connectivity index (χ1v) is 8.27. The van der Waals surface area contributed by atoms with Crippen molar-refractivity contribution < 1.29 is 4.79 Å². The first-order chi connectivity index (χ1) is 10.1. The summed E-state index contributed by atoms with van der Waals surface area (Å²) in [5.74, 6) is 0.246. The van der Waals surface area contributed by atoms with E-state index in [0.29, 0.717) is 6.42 Å². The smallest absolute Gasteiger partial charge is 0.227 e. The van der Waals surface area contributed by atoms with E-state index in [9.17, 15) is 4.79 Å². The zero-order valence-corrected chi connectivity index (χ0v) is 13.4. The highest BCUT2D eigenvalue weighted by atomic mass is 32.1. The molecule has 3 nitrogen and oxygen atoms in total. The van der Waals surface area contributed by atoms with Gasteiger partial charge in [-0.05, 0) is 32.3 Å². The maximum absolute atomic E-state index is 12.3. The molecule has 0 saturated carbocycles. The van der Waals surface area contributed by atoms with E-state index in [2.05, 4.69) is 24.0 Å². The molecular weight excluding hydrogens is 280 g/mol. The summed E-state index contributed by atoms with van der Waals surface area (Å²) in [6.45, 7) is 5.94. The number of nitrogens with zero attached hydrogens (tertiary/aromatic N) is 2. The molecule has 0 atom stereocenters. The van der Waals surface area contributed by atoms with E-state index < -0.39 is 0 Å². The Morgan fingerprint density at radius 3 is 2.67 bits per heavy atom. The molecule has 0 spiro atoms. The van der Waals surface area contributed by atoms with Crippen LogP contribution in [0.15, 0.2) is 24.3 Å². The number of benzene rings is 1. The second-order valence-electron chi connectivity index (χ2n) is 5.61. The molecule has 1 fully saturated rings. The third-order valence-corrected chi connectivity index (χ3v) is 5.23. The van der Waals surface area contributed by atoms with Crippen LogP contribution in [0.2, 0.25) is 0 Å². The van der Waals surface area contributed by atoms with Crippen LogP contribution in [0.5, 0.6) is 0 Å². The van der Waals surface area contributed by atoms with Crippen molar-refractivity contribution in [3.8, 4) is 10.6 Å².